The van der Waals surface area contributed by atoms with Crippen LogP contribution < -0.4 is 5.73 Å². The maximum Gasteiger partial charge on any atom is 0.126 e. The number of nitrogens with two attached hydrogens (primary N) is 1. The van der Waals surface area contributed by atoms with Crippen LogP contribution >= 0.6 is 27.5 Å². The van der Waals surface area contributed by atoms with E-state index in [1.54, 1.807) is 18.2 Å². The van der Waals surface area contributed by atoms with Gasteiger partial charge < -0.3 is 10.8 Å². The van der Waals surface area contributed by atoms with Crippen molar-refractivity contribution in [3.05, 3.63) is 68.7 Å². The number of hydrogen-bond acceptors (Lipinski definition) is 2. The molecule has 0 saturated carbocycles. The third kappa shape index (κ3) is 3.61. The van der Waals surface area contributed by atoms with Crippen molar-refractivity contribution >= 4 is 27.5 Å². The lowest BCUT2D eigenvalue weighted by Crippen LogP contribution is -2.21. The highest BCUT2D eigenvalue weighted by Crippen LogP contribution is 2.37. The summed E-state index contributed by atoms with van der Waals surface area (Å²) in [5.41, 5.74) is 6.41. The molecule has 3 N–H and O–H groups in total. The van der Waals surface area contributed by atoms with E-state index in [9.17, 15) is 13.9 Å². The summed E-state index contributed by atoms with van der Waals surface area (Å²) in [5.74, 6) is -2.09. The van der Waals surface area contributed by atoms with E-state index in [1.165, 1.54) is 0 Å². The van der Waals surface area contributed by atoms with E-state index in [2.05, 4.69) is 15.9 Å². The van der Waals surface area contributed by atoms with Crippen molar-refractivity contribution in [1.82, 2.24) is 0 Å². The first kappa shape index (κ1) is 16.4. The molecule has 0 aliphatic heterocycles. The maximum absolute atomic E-state index is 13.3. The Balaban J connectivity index is 2.43. The predicted molar refractivity (Wildman–Crippen MR) is 82.3 cm³/mol. The van der Waals surface area contributed by atoms with Gasteiger partial charge in [0.1, 0.15) is 11.6 Å². The summed E-state index contributed by atoms with van der Waals surface area (Å²) >= 11 is 9.41. The number of halogens is 4. The van der Waals surface area contributed by atoms with Gasteiger partial charge in [0.05, 0.1) is 11.1 Å². The van der Waals surface area contributed by atoms with Gasteiger partial charge in [-0.05, 0) is 39.7 Å². The van der Waals surface area contributed by atoms with Gasteiger partial charge >= 0.3 is 0 Å². The quantitative estimate of drug-likeness (QED) is 0.842. The molecule has 2 nitrogen and oxygen atoms in total. The van der Waals surface area contributed by atoms with Gasteiger partial charge in [-0.2, -0.15) is 0 Å². The average molecular weight is 377 g/mol. The molecule has 2 aromatic carbocycles. The summed E-state index contributed by atoms with van der Waals surface area (Å²) in [6.07, 6.45) is -1.07. The molecule has 2 rings (SSSR count). The van der Waals surface area contributed by atoms with Crippen LogP contribution in [0.3, 0.4) is 0 Å². The van der Waals surface area contributed by atoms with Crippen molar-refractivity contribution in [2.45, 2.75) is 12.0 Å². The fourth-order valence-electron chi connectivity index (χ4n) is 2.20. The number of hydrogen-bond donors (Lipinski definition) is 2. The summed E-state index contributed by atoms with van der Waals surface area (Å²) in [6, 6.07) is 8.20. The van der Waals surface area contributed by atoms with E-state index >= 15 is 0 Å². The van der Waals surface area contributed by atoms with Gasteiger partial charge in [0.25, 0.3) is 0 Å². The zero-order valence-corrected chi connectivity index (χ0v) is 13.2. The van der Waals surface area contributed by atoms with E-state index in [-0.39, 0.29) is 6.54 Å². The second-order valence-corrected chi connectivity index (χ2v) is 5.87. The van der Waals surface area contributed by atoms with E-state index in [0.717, 1.165) is 18.2 Å². The van der Waals surface area contributed by atoms with Gasteiger partial charge in [0.2, 0.25) is 0 Å². The highest BCUT2D eigenvalue weighted by atomic mass is 79.9. The standard InChI is InChI=1S/C15H13BrClF2NO/c16-13-3-1-2-11(14(13)17)15(21)12(7-20)8-4-9(18)6-10(19)5-8/h1-6,12,15,21H,7,20H2. The highest BCUT2D eigenvalue weighted by molar-refractivity contribution is 9.10. The third-order valence-corrected chi connectivity index (χ3v) is 4.56. The molecule has 0 saturated heterocycles. The Morgan fingerprint density at radius 1 is 1.19 bits per heavy atom. The Morgan fingerprint density at radius 2 is 1.81 bits per heavy atom. The smallest absolute Gasteiger partial charge is 0.126 e. The fourth-order valence-corrected chi connectivity index (χ4v) is 2.82. The average Bonchev–Trinajstić information content (AvgIpc) is 2.41. The molecule has 0 spiro atoms. The maximum atomic E-state index is 13.3. The fraction of sp³-hybridized carbons (Fsp3) is 0.200. The molecule has 0 bridgehead atoms. The molecule has 0 fully saturated rings. The van der Waals surface area contributed by atoms with Crippen molar-refractivity contribution in [3.8, 4) is 0 Å². The molecule has 2 unspecified atom stereocenters. The van der Waals surface area contributed by atoms with E-state index in [0.29, 0.717) is 20.6 Å². The van der Waals surface area contributed by atoms with Crippen LogP contribution in [0.4, 0.5) is 8.78 Å². The van der Waals surface area contributed by atoms with Gasteiger partial charge in [-0.15, -0.1) is 0 Å². The zero-order chi connectivity index (χ0) is 15.6. The van der Waals surface area contributed by atoms with Crippen LogP contribution in [0.1, 0.15) is 23.1 Å². The topological polar surface area (TPSA) is 46.2 Å². The Kier molecular flexibility index (Phi) is 5.32. The summed E-state index contributed by atoms with van der Waals surface area (Å²) in [5, 5.41) is 10.8. The normalized spacial score (nSPS) is 14.0. The molecule has 112 valence electrons. The summed E-state index contributed by atoms with van der Waals surface area (Å²) in [4.78, 5) is 0. The Labute approximate surface area is 134 Å². The van der Waals surface area contributed by atoms with Crippen molar-refractivity contribution < 1.29 is 13.9 Å². The molecular formula is C15H13BrClF2NO. The molecule has 21 heavy (non-hydrogen) atoms. The van der Waals surface area contributed by atoms with Crippen LogP contribution in [-0.4, -0.2) is 11.7 Å². The molecule has 0 aliphatic carbocycles. The zero-order valence-electron chi connectivity index (χ0n) is 10.9. The summed E-state index contributed by atoms with van der Waals surface area (Å²) in [6.45, 7) is 0.0207. The van der Waals surface area contributed by atoms with Crippen LogP contribution in [0.2, 0.25) is 5.02 Å². The van der Waals surface area contributed by atoms with Gasteiger partial charge in [-0.1, -0.05) is 23.7 Å². The third-order valence-electron chi connectivity index (χ3n) is 3.25. The minimum absolute atomic E-state index is 0.0207. The minimum atomic E-state index is -1.07. The van der Waals surface area contributed by atoms with Crippen LogP contribution in [0, 0.1) is 11.6 Å². The number of aliphatic hydroxyl groups is 1. The lowest BCUT2D eigenvalue weighted by molar-refractivity contribution is 0.147. The van der Waals surface area contributed by atoms with Crippen LogP contribution in [-0.2, 0) is 0 Å². The molecular weight excluding hydrogens is 364 g/mol. The van der Waals surface area contributed by atoms with Gasteiger partial charge in [-0.25, -0.2) is 8.78 Å². The molecule has 0 heterocycles. The molecule has 2 atom stereocenters. The number of benzene rings is 2. The van der Waals surface area contributed by atoms with Crippen LogP contribution in [0.15, 0.2) is 40.9 Å². The molecule has 0 radical (unpaired) electrons. The first-order valence-electron chi connectivity index (χ1n) is 6.22. The van der Waals surface area contributed by atoms with Crippen molar-refractivity contribution in [2.75, 3.05) is 6.54 Å². The first-order chi connectivity index (χ1) is 9.93. The summed E-state index contributed by atoms with van der Waals surface area (Å²) < 4.78 is 27.3. The Bertz CT molecular complexity index is 633. The lowest BCUT2D eigenvalue weighted by atomic mass is 9.89. The van der Waals surface area contributed by atoms with E-state index in [4.69, 9.17) is 17.3 Å². The van der Waals surface area contributed by atoms with Gasteiger partial charge in [0.15, 0.2) is 0 Å². The van der Waals surface area contributed by atoms with Crippen LogP contribution in [0.5, 0.6) is 0 Å². The Hall–Kier alpha value is -1.01. The van der Waals surface area contributed by atoms with Crippen molar-refractivity contribution in [2.24, 2.45) is 5.73 Å². The Morgan fingerprint density at radius 3 is 2.38 bits per heavy atom. The largest absolute Gasteiger partial charge is 0.388 e. The van der Waals surface area contributed by atoms with E-state index < -0.39 is 23.7 Å². The first-order valence-corrected chi connectivity index (χ1v) is 7.39. The van der Waals surface area contributed by atoms with E-state index in [1.807, 2.05) is 0 Å². The second-order valence-electron chi connectivity index (χ2n) is 4.63. The van der Waals surface area contributed by atoms with Crippen LogP contribution in [0.25, 0.3) is 0 Å². The molecule has 0 amide bonds. The van der Waals surface area contributed by atoms with Crippen molar-refractivity contribution in [3.63, 3.8) is 0 Å². The number of aliphatic hydroxyl groups excluding tert-OH is 1. The highest BCUT2D eigenvalue weighted by Gasteiger charge is 2.25. The molecule has 0 aliphatic rings. The van der Waals surface area contributed by atoms with Gasteiger partial charge in [0, 0.05) is 28.6 Å². The lowest BCUT2D eigenvalue weighted by Gasteiger charge is -2.23. The summed E-state index contributed by atoms with van der Waals surface area (Å²) in [7, 11) is 0. The number of rotatable bonds is 4. The predicted octanol–water partition coefficient (Wildman–Crippen LogP) is 4.16. The molecule has 6 heteroatoms. The van der Waals surface area contributed by atoms with Gasteiger partial charge in [-0.3, -0.25) is 0 Å². The molecule has 2 aromatic rings. The molecule has 0 aromatic heterocycles. The SMILES string of the molecule is NCC(c1cc(F)cc(F)c1)C(O)c1cccc(Br)c1Cl. The minimum Gasteiger partial charge on any atom is -0.388 e. The monoisotopic (exact) mass is 375 g/mol. The van der Waals surface area contributed by atoms with Crippen molar-refractivity contribution in [1.29, 1.82) is 0 Å². The second kappa shape index (κ2) is 6.83.